The van der Waals surface area contributed by atoms with Crippen LogP contribution in [0, 0.1) is 11.8 Å². The zero-order chi connectivity index (χ0) is 11.5. The van der Waals surface area contributed by atoms with Crippen LogP contribution in [-0.2, 0) is 0 Å². The molecule has 0 bridgehead atoms. The van der Waals surface area contributed by atoms with Gasteiger partial charge < -0.3 is 5.73 Å². The second-order valence-electron chi connectivity index (χ2n) is 5.04. The van der Waals surface area contributed by atoms with Crippen LogP contribution in [0.15, 0.2) is 24.3 Å². The number of halogens is 1. The zero-order valence-electron chi connectivity index (χ0n) is 9.83. The third kappa shape index (κ3) is 2.41. The van der Waals surface area contributed by atoms with Gasteiger partial charge in [-0.1, -0.05) is 43.1 Å². The van der Waals surface area contributed by atoms with Crippen molar-refractivity contribution in [2.75, 3.05) is 6.54 Å². The number of rotatable bonds is 2. The molecule has 0 amide bonds. The highest BCUT2D eigenvalue weighted by atomic mass is 35.5. The third-order valence-electron chi connectivity index (χ3n) is 3.86. The summed E-state index contributed by atoms with van der Waals surface area (Å²) < 4.78 is 0. The zero-order valence-corrected chi connectivity index (χ0v) is 10.6. The van der Waals surface area contributed by atoms with Crippen molar-refractivity contribution in [1.29, 1.82) is 0 Å². The quantitative estimate of drug-likeness (QED) is 0.832. The highest BCUT2D eigenvalue weighted by molar-refractivity contribution is 6.31. The van der Waals surface area contributed by atoms with Crippen molar-refractivity contribution in [3.8, 4) is 0 Å². The van der Waals surface area contributed by atoms with E-state index < -0.39 is 0 Å². The van der Waals surface area contributed by atoms with Crippen molar-refractivity contribution in [2.24, 2.45) is 17.6 Å². The van der Waals surface area contributed by atoms with Gasteiger partial charge in [-0.25, -0.2) is 0 Å². The van der Waals surface area contributed by atoms with Crippen molar-refractivity contribution in [1.82, 2.24) is 0 Å². The molecule has 1 saturated carbocycles. The fourth-order valence-corrected chi connectivity index (χ4v) is 3.16. The Morgan fingerprint density at radius 2 is 2.06 bits per heavy atom. The van der Waals surface area contributed by atoms with Crippen LogP contribution in [0.1, 0.15) is 37.7 Å². The van der Waals surface area contributed by atoms with E-state index in [0.717, 1.165) is 17.5 Å². The van der Waals surface area contributed by atoms with Gasteiger partial charge in [0.1, 0.15) is 0 Å². The molecule has 0 aromatic heterocycles. The summed E-state index contributed by atoms with van der Waals surface area (Å²) in [4.78, 5) is 0. The maximum absolute atomic E-state index is 6.29. The van der Waals surface area contributed by atoms with Crippen LogP contribution in [0.4, 0.5) is 0 Å². The summed E-state index contributed by atoms with van der Waals surface area (Å²) in [5.41, 5.74) is 7.18. The van der Waals surface area contributed by atoms with Gasteiger partial charge in [-0.2, -0.15) is 0 Å². The lowest BCUT2D eigenvalue weighted by molar-refractivity contribution is 0.254. The van der Waals surface area contributed by atoms with Crippen LogP contribution < -0.4 is 5.73 Å². The molecule has 2 heteroatoms. The highest BCUT2D eigenvalue weighted by Gasteiger charge is 2.29. The predicted molar refractivity (Wildman–Crippen MR) is 69.8 cm³/mol. The predicted octanol–water partition coefficient (Wildman–Crippen LogP) is 3.82. The average Bonchev–Trinajstić information content (AvgIpc) is 2.29. The Balaban J connectivity index is 2.26. The van der Waals surface area contributed by atoms with E-state index in [9.17, 15) is 0 Å². The van der Waals surface area contributed by atoms with E-state index in [4.69, 9.17) is 17.3 Å². The monoisotopic (exact) mass is 237 g/mol. The van der Waals surface area contributed by atoms with Crippen LogP contribution in [0.5, 0.6) is 0 Å². The smallest absolute Gasteiger partial charge is 0.0440 e. The summed E-state index contributed by atoms with van der Waals surface area (Å²) in [7, 11) is 0. The lowest BCUT2D eigenvalue weighted by Crippen LogP contribution is -2.28. The Labute approximate surface area is 103 Å². The van der Waals surface area contributed by atoms with E-state index in [0.29, 0.717) is 11.8 Å². The molecule has 1 aromatic rings. The van der Waals surface area contributed by atoms with Gasteiger partial charge in [0, 0.05) is 5.02 Å². The Morgan fingerprint density at radius 1 is 1.31 bits per heavy atom. The Morgan fingerprint density at radius 3 is 2.75 bits per heavy atom. The van der Waals surface area contributed by atoms with Gasteiger partial charge in [0.05, 0.1) is 0 Å². The van der Waals surface area contributed by atoms with E-state index in [-0.39, 0.29) is 0 Å². The fourth-order valence-electron chi connectivity index (χ4n) is 2.88. The van der Waals surface area contributed by atoms with Crippen LogP contribution in [0.3, 0.4) is 0 Å². The van der Waals surface area contributed by atoms with Gasteiger partial charge in [0.25, 0.3) is 0 Å². The van der Waals surface area contributed by atoms with E-state index in [2.05, 4.69) is 19.1 Å². The van der Waals surface area contributed by atoms with E-state index >= 15 is 0 Å². The molecular weight excluding hydrogens is 218 g/mol. The summed E-state index contributed by atoms with van der Waals surface area (Å²) in [6.07, 6.45) is 3.78. The van der Waals surface area contributed by atoms with Gasteiger partial charge in [-0.15, -0.1) is 0 Å². The molecule has 88 valence electrons. The Bertz CT molecular complexity index is 350. The molecule has 0 spiro atoms. The van der Waals surface area contributed by atoms with Crippen LogP contribution in [0.2, 0.25) is 5.02 Å². The molecule has 1 nitrogen and oxygen atoms in total. The molecule has 0 saturated heterocycles. The topological polar surface area (TPSA) is 26.0 Å². The van der Waals surface area contributed by atoms with E-state index in [1.165, 1.54) is 24.8 Å². The molecule has 2 rings (SSSR count). The molecule has 1 aromatic carbocycles. The summed E-state index contributed by atoms with van der Waals surface area (Å²) in [6, 6.07) is 8.22. The minimum atomic E-state index is 0.558. The van der Waals surface area contributed by atoms with Gasteiger partial charge in [0.15, 0.2) is 0 Å². The Kier molecular flexibility index (Phi) is 3.88. The Hall–Kier alpha value is -0.530. The molecule has 2 N–H and O–H groups in total. The van der Waals surface area contributed by atoms with Gasteiger partial charge >= 0.3 is 0 Å². The summed E-state index contributed by atoms with van der Waals surface area (Å²) in [6.45, 7) is 3.11. The summed E-state index contributed by atoms with van der Waals surface area (Å²) in [5, 5.41) is 0.903. The van der Waals surface area contributed by atoms with Crippen molar-refractivity contribution in [3.05, 3.63) is 34.9 Å². The first kappa shape index (κ1) is 11.9. The molecule has 0 radical (unpaired) electrons. The maximum Gasteiger partial charge on any atom is 0.0440 e. The lowest BCUT2D eigenvalue weighted by Gasteiger charge is -2.35. The molecule has 1 aliphatic carbocycles. The van der Waals surface area contributed by atoms with Crippen molar-refractivity contribution >= 4 is 11.6 Å². The standard InChI is InChI=1S/C14H20ClN/c1-10-6-7-11(9-16)13(8-10)12-4-2-3-5-14(12)15/h2-5,10-11,13H,6-9,16H2,1H3. The average molecular weight is 238 g/mol. The lowest BCUT2D eigenvalue weighted by atomic mass is 9.71. The molecule has 1 aliphatic rings. The first-order valence-corrected chi connectivity index (χ1v) is 6.54. The summed E-state index contributed by atoms with van der Waals surface area (Å²) in [5.74, 6) is 1.96. The van der Waals surface area contributed by atoms with E-state index in [1.807, 2.05) is 12.1 Å². The number of benzene rings is 1. The number of nitrogens with two attached hydrogens (primary N) is 1. The largest absolute Gasteiger partial charge is 0.330 e. The van der Waals surface area contributed by atoms with Crippen molar-refractivity contribution in [3.63, 3.8) is 0 Å². The first-order chi connectivity index (χ1) is 7.72. The molecular formula is C14H20ClN. The summed E-state index contributed by atoms with van der Waals surface area (Å²) >= 11 is 6.29. The van der Waals surface area contributed by atoms with Crippen molar-refractivity contribution < 1.29 is 0 Å². The van der Waals surface area contributed by atoms with Crippen LogP contribution >= 0.6 is 11.6 Å². The SMILES string of the molecule is CC1CCC(CN)C(c2ccccc2Cl)C1. The molecule has 1 fully saturated rings. The second kappa shape index (κ2) is 5.20. The van der Waals surface area contributed by atoms with E-state index in [1.54, 1.807) is 0 Å². The fraction of sp³-hybridized carbons (Fsp3) is 0.571. The molecule has 3 unspecified atom stereocenters. The minimum absolute atomic E-state index is 0.558. The normalized spacial score (nSPS) is 30.3. The molecule has 0 aliphatic heterocycles. The first-order valence-electron chi connectivity index (χ1n) is 6.17. The van der Waals surface area contributed by atoms with Gasteiger partial charge in [-0.05, 0) is 48.8 Å². The van der Waals surface area contributed by atoms with Gasteiger partial charge in [0.2, 0.25) is 0 Å². The molecule has 0 heterocycles. The minimum Gasteiger partial charge on any atom is -0.330 e. The van der Waals surface area contributed by atoms with Crippen LogP contribution in [-0.4, -0.2) is 6.54 Å². The highest BCUT2D eigenvalue weighted by Crippen LogP contribution is 2.42. The molecule has 16 heavy (non-hydrogen) atoms. The third-order valence-corrected chi connectivity index (χ3v) is 4.21. The second-order valence-corrected chi connectivity index (χ2v) is 5.45. The van der Waals surface area contributed by atoms with Crippen molar-refractivity contribution in [2.45, 2.75) is 32.1 Å². The number of hydrogen-bond donors (Lipinski definition) is 1. The van der Waals surface area contributed by atoms with Crippen LogP contribution in [0.25, 0.3) is 0 Å². The maximum atomic E-state index is 6.29. The van der Waals surface area contributed by atoms with Gasteiger partial charge in [-0.3, -0.25) is 0 Å². The number of hydrogen-bond acceptors (Lipinski definition) is 1. The molecule has 3 atom stereocenters.